The van der Waals surface area contributed by atoms with Gasteiger partial charge < -0.3 is 10.6 Å². The summed E-state index contributed by atoms with van der Waals surface area (Å²) in [5, 5.41) is 5.07. The predicted octanol–water partition coefficient (Wildman–Crippen LogP) is 1.58. The second kappa shape index (κ2) is 6.26. The normalized spacial score (nSPS) is 18.1. The molecule has 7 heteroatoms. The van der Waals surface area contributed by atoms with E-state index in [2.05, 4.69) is 0 Å². The molecule has 6 nitrogen and oxygen atoms in total. The summed E-state index contributed by atoms with van der Waals surface area (Å²) >= 11 is 0. The number of nitrogens with zero attached hydrogens (tertiary/aromatic N) is 1. The highest BCUT2D eigenvalue weighted by molar-refractivity contribution is 7.89. The summed E-state index contributed by atoms with van der Waals surface area (Å²) in [6.45, 7) is 0.372. The minimum atomic E-state index is -3.57. The first-order valence-corrected chi connectivity index (χ1v) is 9.30. The lowest BCUT2D eigenvalue weighted by atomic mass is 10.0. The monoisotopic (exact) mass is 345 g/mol. The molecule has 4 N–H and O–H groups in total. The van der Waals surface area contributed by atoms with Crippen LogP contribution in [0.2, 0.25) is 0 Å². The Bertz CT molecular complexity index is 846. The molecule has 1 unspecified atom stereocenters. The Kier molecular flexibility index (Phi) is 4.29. The number of anilines is 2. The van der Waals surface area contributed by atoms with Crippen molar-refractivity contribution in [3.8, 4) is 11.1 Å². The van der Waals surface area contributed by atoms with E-state index >= 15 is 0 Å². The van der Waals surface area contributed by atoms with Gasteiger partial charge in [-0.05, 0) is 35.4 Å². The van der Waals surface area contributed by atoms with Crippen molar-refractivity contribution in [2.75, 3.05) is 22.9 Å². The molecule has 0 radical (unpaired) electrons. The molecule has 0 saturated carbocycles. The van der Waals surface area contributed by atoms with Gasteiger partial charge in [-0.2, -0.15) is 0 Å². The smallest absolute Gasteiger partial charge is 0.227 e. The zero-order valence-electron chi connectivity index (χ0n) is 13.1. The molecule has 3 rings (SSSR count). The van der Waals surface area contributed by atoms with E-state index in [0.29, 0.717) is 12.2 Å². The van der Waals surface area contributed by atoms with Crippen molar-refractivity contribution in [1.82, 2.24) is 0 Å². The van der Waals surface area contributed by atoms with Crippen LogP contribution in [-0.4, -0.2) is 26.6 Å². The number of nitrogen functional groups attached to an aromatic ring is 1. The third kappa shape index (κ3) is 3.74. The molecule has 1 atom stereocenters. The van der Waals surface area contributed by atoms with Gasteiger partial charge >= 0.3 is 0 Å². The zero-order chi connectivity index (χ0) is 17.3. The summed E-state index contributed by atoms with van der Waals surface area (Å²) in [5.74, 6) is -0.508. The van der Waals surface area contributed by atoms with Gasteiger partial charge in [-0.3, -0.25) is 4.79 Å². The van der Waals surface area contributed by atoms with Gasteiger partial charge in [0.05, 0.1) is 5.75 Å². The quantitative estimate of drug-likeness (QED) is 0.820. The number of carbonyl (C=O) groups excluding carboxylic acids is 1. The Morgan fingerprint density at radius 1 is 1.00 bits per heavy atom. The van der Waals surface area contributed by atoms with Gasteiger partial charge in [0.2, 0.25) is 15.9 Å². The Balaban J connectivity index is 1.76. The molecule has 2 aromatic rings. The van der Waals surface area contributed by atoms with Crippen LogP contribution >= 0.6 is 0 Å². The molecule has 0 bridgehead atoms. The van der Waals surface area contributed by atoms with Crippen LogP contribution in [0.3, 0.4) is 0 Å². The molecular formula is C17H19N3O3S. The number of carbonyl (C=O) groups is 1. The highest BCUT2D eigenvalue weighted by Gasteiger charge is 2.32. The first kappa shape index (κ1) is 16.5. The Morgan fingerprint density at radius 3 is 2.08 bits per heavy atom. The Morgan fingerprint density at radius 2 is 1.54 bits per heavy atom. The van der Waals surface area contributed by atoms with Crippen LogP contribution < -0.4 is 15.8 Å². The Hall–Kier alpha value is -2.38. The van der Waals surface area contributed by atoms with Crippen molar-refractivity contribution in [3.05, 3.63) is 48.5 Å². The van der Waals surface area contributed by atoms with Crippen molar-refractivity contribution in [1.29, 1.82) is 0 Å². The molecule has 1 saturated heterocycles. The molecular weight excluding hydrogens is 326 g/mol. The number of sulfonamides is 1. The van der Waals surface area contributed by atoms with E-state index in [1.165, 1.54) is 0 Å². The highest BCUT2D eigenvalue weighted by atomic mass is 32.2. The molecule has 1 amide bonds. The maximum atomic E-state index is 12.1. The lowest BCUT2D eigenvalue weighted by molar-refractivity contribution is -0.117. The molecule has 0 spiro atoms. The molecule has 1 aliphatic rings. The number of amides is 1. The van der Waals surface area contributed by atoms with Crippen LogP contribution in [-0.2, 0) is 14.8 Å². The van der Waals surface area contributed by atoms with Gasteiger partial charge in [-0.25, -0.2) is 13.6 Å². The second-order valence-electron chi connectivity index (χ2n) is 6.07. The molecule has 126 valence electrons. The largest absolute Gasteiger partial charge is 0.399 e. The van der Waals surface area contributed by atoms with Gasteiger partial charge in [0.15, 0.2) is 0 Å². The summed E-state index contributed by atoms with van der Waals surface area (Å²) in [6, 6.07) is 15.1. The number of primary sulfonamides is 1. The SMILES string of the molecule is Nc1ccc(-c2ccc(N3CC(CS(N)(=O)=O)CC3=O)cc2)cc1. The Labute approximate surface area is 141 Å². The van der Waals surface area contributed by atoms with Crippen molar-refractivity contribution < 1.29 is 13.2 Å². The van der Waals surface area contributed by atoms with Gasteiger partial charge in [-0.1, -0.05) is 24.3 Å². The standard InChI is InChI=1S/C17H19N3O3S/c18-15-5-1-13(2-6-15)14-3-7-16(8-4-14)20-10-12(9-17(20)21)11-24(19,22)23/h1-8,12H,9-11,18H2,(H2,19,22,23). The molecule has 0 aliphatic carbocycles. The van der Waals surface area contributed by atoms with Crippen molar-refractivity contribution in [2.24, 2.45) is 11.1 Å². The first-order valence-electron chi connectivity index (χ1n) is 7.58. The summed E-state index contributed by atoms with van der Waals surface area (Å²) in [4.78, 5) is 13.8. The fourth-order valence-corrected chi connectivity index (χ4v) is 3.86. The van der Waals surface area contributed by atoms with Crippen LogP contribution in [0.5, 0.6) is 0 Å². The van der Waals surface area contributed by atoms with E-state index in [-0.39, 0.29) is 24.0 Å². The number of hydrogen-bond donors (Lipinski definition) is 2. The van der Waals surface area contributed by atoms with Crippen LogP contribution in [0.1, 0.15) is 6.42 Å². The van der Waals surface area contributed by atoms with Gasteiger partial charge in [0, 0.05) is 30.3 Å². The number of benzene rings is 2. The van der Waals surface area contributed by atoms with E-state index in [4.69, 9.17) is 10.9 Å². The third-order valence-corrected chi connectivity index (χ3v) is 5.03. The predicted molar refractivity (Wildman–Crippen MR) is 94.7 cm³/mol. The fourth-order valence-electron chi connectivity index (χ4n) is 2.98. The fraction of sp³-hybridized carbons (Fsp3) is 0.235. The maximum Gasteiger partial charge on any atom is 0.227 e. The van der Waals surface area contributed by atoms with E-state index in [1.54, 1.807) is 4.90 Å². The van der Waals surface area contributed by atoms with Crippen LogP contribution in [0.4, 0.5) is 11.4 Å². The van der Waals surface area contributed by atoms with E-state index in [0.717, 1.165) is 16.8 Å². The molecule has 2 aromatic carbocycles. The number of rotatable bonds is 4. The molecule has 0 aromatic heterocycles. The number of hydrogen-bond acceptors (Lipinski definition) is 4. The summed E-state index contributed by atoms with van der Waals surface area (Å²) in [7, 11) is -3.57. The van der Waals surface area contributed by atoms with Crippen molar-refractivity contribution in [2.45, 2.75) is 6.42 Å². The van der Waals surface area contributed by atoms with Crippen molar-refractivity contribution >= 4 is 27.3 Å². The van der Waals surface area contributed by atoms with Crippen LogP contribution in [0, 0.1) is 5.92 Å². The highest BCUT2D eigenvalue weighted by Crippen LogP contribution is 2.28. The summed E-state index contributed by atoms with van der Waals surface area (Å²) < 4.78 is 22.4. The van der Waals surface area contributed by atoms with Gasteiger partial charge in [-0.15, -0.1) is 0 Å². The molecule has 24 heavy (non-hydrogen) atoms. The average Bonchev–Trinajstić information content (AvgIpc) is 2.86. The molecule has 1 heterocycles. The zero-order valence-corrected chi connectivity index (χ0v) is 13.9. The van der Waals surface area contributed by atoms with Crippen LogP contribution in [0.25, 0.3) is 11.1 Å². The third-order valence-electron chi connectivity index (χ3n) is 4.10. The minimum absolute atomic E-state index is 0.0797. The van der Waals surface area contributed by atoms with Gasteiger partial charge in [0.25, 0.3) is 0 Å². The van der Waals surface area contributed by atoms with E-state index in [9.17, 15) is 13.2 Å². The van der Waals surface area contributed by atoms with Gasteiger partial charge in [0.1, 0.15) is 0 Å². The lowest BCUT2D eigenvalue weighted by Gasteiger charge is -2.17. The summed E-state index contributed by atoms with van der Waals surface area (Å²) in [5.41, 5.74) is 9.21. The van der Waals surface area contributed by atoms with E-state index < -0.39 is 10.0 Å². The number of nitrogens with two attached hydrogens (primary N) is 2. The van der Waals surface area contributed by atoms with Crippen LogP contribution in [0.15, 0.2) is 48.5 Å². The molecule has 1 fully saturated rings. The maximum absolute atomic E-state index is 12.1. The average molecular weight is 345 g/mol. The lowest BCUT2D eigenvalue weighted by Crippen LogP contribution is -2.27. The minimum Gasteiger partial charge on any atom is -0.399 e. The van der Waals surface area contributed by atoms with Crippen molar-refractivity contribution in [3.63, 3.8) is 0 Å². The van der Waals surface area contributed by atoms with E-state index in [1.807, 2.05) is 48.5 Å². The molecule has 1 aliphatic heterocycles. The topological polar surface area (TPSA) is 106 Å². The second-order valence-corrected chi connectivity index (χ2v) is 7.73. The summed E-state index contributed by atoms with van der Waals surface area (Å²) in [6.07, 6.45) is 0.205. The first-order chi connectivity index (χ1) is 11.3.